The summed E-state index contributed by atoms with van der Waals surface area (Å²) in [4.78, 5) is 0.336. The van der Waals surface area contributed by atoms with Gasteiger partial charge >= 0.3 is 0 Å². The van der Waals surface area contributed by atoms with Crippen molar-refractivity contribution in [2.24, 2.45) is 11.7 Å². The average molecular weight is 291 g/mol. The predicted molar refractivity (Wildman–Crippen MR) is 74.3 cm³/mol. The third kappa shape index (κ3) is 3.68. The second-order valence-corrected chi connectivity index (χ2v) is 6.35. The number of nitrogens with one attached hydrogen (secondary N) is 1. The summed E-state index contributed by atoms with van der Waals surface area (Å²) in [6.45, 7) is 2.11. The molecule has 0 spiro atoms. The number of rotatable bonds is 5. The van der Waals surface area contributed by atoms with E-state index in [-0.39, 0.29) is 18.4 Å². The van der Waals surface area contributed by atoms with Crippen LogP contribution in [-0.2, 0) is 10.0 Å². The van der Waals surface area contributed by atoms with Gasteiger partial charge in [-0.05, 0) is 37.3 Å². The Bertz CT molecular complexity index is 501. The molecule has 1 fully saturated rings. The van der Waals surface area contributed by atoms with E-state index in [1.807, 2.05) is 6.07 Å². The van der Waals surface area contributed by atoms with E-state index in [2.05, 4.69) is 4.72 Å². The van der Waals surface area contributed by atoms with Crippen molar-refractivity contribution < 1.29 is 8.42 Å². The van der Waals surface area contributed by atoms with Crippen LogP contribution >= 0.6 is 12.4 Å². The Morgan fingerprint density at radius 3 is 2.56 bits per heavy atom. The summed E-state index contributed by atoms with van der Waals surface area (Å²) in [5.74, 6) is 0.495. The zero-order chi connectivity index (χ0) is 12.5. The van der Waals surface area contributed by atoms with Crippen LogP contribution in [0, 0.1) is 12.8 Å². The summed E-state index contributed by atoms with van der Waals surface area (Å²) in [7, 11) is -3.42. The van der Waals surface area contributed by atoms with Gasteiger partial charge in [0.2, 0.25) is 10.0 Å². The standard InChI is InChI=1S/C12H18N2O2S.ClH/c1-9-4-2-3-5-12(9)17(15,16)14-8-11(13)10-6-7-10;/h2-5,10-11,14H,6-8,13H2,1H3;1H. The van der Waals surface area contributed by atoms with Gasteiger partial charge in [-0.1, -0.05) is 18.2 Å². The van der Waals surface area contributed by atoms with E-state index in [1.54, 1.807) is 25.1 Å². The van der Waals surface area contributed by atoms with Crippen LogP contribution in [-0.4, -0.2) is 21.0 Å². The fraction of sp³-hybridized carbons (Fsp3) is 0.500. The largest absolute Gasteiger partial charge is 0.326 e. The Labute approximate surface area is 114 Å². The predicted octanol–water partition coefficient (Wildman–Crippen LogP) is 1.43. The molecule has 2 rings (SSSR count). The van der Waals surface area contributed by atoms with Crippen molar-refractivity contribution in [3.63, 3.8) is 0 Å². The van der Waals surface area contributed by atoms with Crippen LogP contribution < -0.4 is 10.5 Å². The van der Waals surface area contributed by atoms with E-state index in [9.17, 15) is 8.42 Å². The van der Waals surface area contributed by atoms with E-state index >= 15 is 0 Å². The van der Waals surface area contributed by atoms with Gasteiger partial charge in [-0.2, -0.15) is 0 Å². The van der Waals surface area contributed by atoms with Crippen LogP contribution in [0.25, 0.3) is 0 Å². The SMILES string of the molecule is Cc1ccccc1S(=O)(=O)NCC(N)C1CC1.Cl. The molecule has 1 unspecified atom stereocenters. The molecule has 0 saturated heterocycles. The highest BCUT2D eigenvalue weighted by Gasteiger charge is 2.29. The first kappa shape index (κ1) is 15.4. The second-order valence-electron chi connectivity index (χ2n) is 4.62. The summed E-state index contributed by atoms with van der Waals surface area (Å²) in [6, 6.07) is 6.89. The summed E-state index contributed by atoms with van der Waals surface area (Å²) < 4.78 is 26.7. The van der Waals surface area contributed by atoms with Crippen LogP contribution in [0.15, 0.2) is 29.2 Å². The number of halogens is 1. The van der Waals surface area contributed by atoms with Crippen molar-refractivity contribution in [1.29, 1.82) is 0 Å². The Morgan fingerprint density at radius 2 is 2.00 bits per heavy atom. The monoisotopic (exact) mass is 290 g/mol. The molecular weight excluding hydrogens is 272 g/mol. The molecule has 102 valence electrons. The first-order chi connectivity index (χ1) is 8.00. The number of nitrogens with two attached hydrogens (primary N) is 1. The molecule has 6 heteroatoms. The van der Waals surface area contributed by atoms with Gasteiger partial charge in [0.15, 0.2) is 0 Å². The van der Waals surface area contributed by atoms with Crippen molar-refractivity contribution >= 4 is 22.4 Å². The topological polar surface area (TPSA) is 72.2 Å². The van der Waals surface area contributed by atoms with Crippen molar-refractivity contribution in [3.8, 4) is 0 Å². The fourth-order valence-electron chi connectivity index (χ4n) is 1.83. The van der Waals surface area contributed by atoms with Crippen LogP contribution in [0.2, 0.25) is 0 Å². The maximum absolute atomic E-state index is 12.0. The molecule has 1 atom stereocenters. The highest BCUT2D eigenvalue weighted by molar-refractivity contribution is 7.89. The Morgan fingerprint density at radius 1 is 1.39 bits per heavy atom. The summed E-state index contributed by atoms with van der Waals surface area (Å²) >= 11 is 0. The number of aryl methyl sites for hydroxylation is 1. The molecule has 0 amide bonds. The molecule has 0 bridgehead atoms. The molecule has 0 radical (unpaired) electrons. The average Bonchev–Trinajstić information content (AvgIpc) is 3.10. The molecule has 4 nitrogen and oxygen atoms in total. The first-order valence-electron chi connectivity index (χ1n) is 5.81. The number of benzene rings is 1. The molecule has 3 N–H and O–H groups in total. The number of hydrogen-bond acceptors (Lipinski definition) is 3. The van der Waals surface area contributed by atoms with Gasteiger partial charge in [-0.15, -0.1) is 12.4 Å². The van der Waals surface area contributed by atoms with E-state index in [0.29, 0.717) is 17.4 Å². The lowest BCUT2D eigenvalue weighted by Crippen LogP contribution is -2.38. The zero-order valence-electron chi connectivity index (χ0n) is 10.3. The molecule has 0 heterocycles. The first-order valence-corrected chi connectivity index (χ1v) is 7.30. The van der Waals surface area contributed by atoms with E-state index in [4.69, 9.17) is 5.73 Å². The molecule has 0 aromatic heterocycles. The summed E-state index contributed by atoms with van der Waals surface area (Å²) in [6.07, 6.45) is 2.24. The molecule has 1 aromatic rings. The van der Waals surface area contributed by atoms with Gasteiger partial charge in [0.25, 0.3) is 0 Å². The van der Waals surface area contributed by atoms with E-state index in [0.717, 1.165) is 18.4 Å². The van der Waals surface area contributed by atoms with Crippen LogP contribution in [0.1, 0.15) is 18.4 Å². The minimum atomic E-state index is -3.42. The maximum atomic E-state index is 12.0. The Balaban J connectivity index is 0.00000162. The molecular formula is C12H19ClN2O2S. The van der Waals surface area contributed by atoms with E-state index in [1.165, 1.54) is 0 Å². The molecule has 1 aliphatic rings. The fourth-order valence-corrected chi connectivity index (χ4v) is 3.15. The van der Waals surface area contributed by atoms with Gasteiger partial charge in [-0.25, -0.2) is 13.1 Å². The zero-order valence-corrected chi connectivity index (χ0v) is 11.9. The number of sulfonamides is 1. The number of hydrogen-bond donors (Lipinski definition) is 2. The highest BCUT2D eigenvalue weighted by atomic mass is 35.5. The third-order valence-electron chi connectivity index (χ3n) is 3.12. The third-order valence-corrected chi connectivity index (χ3v) is 4.70. The summed E-state index contributed by atoms with van der Waals surface area (Å²) in [5, 5.41) is 0. The van der Waals surface area contributed by atoms with Gasteiger partial charge in [0, 0.05) is 12.6 Å². The van der Waals surface area contributed by atoms with Crippen LogP contribution in [0.4, 0.5) is 0 Å². The second kappa shape index (κ2) is 6.02. The molecule has 1 aromatic carbocycles. The molecule has 1 aliphatic carbocycles. The van der Waals surface area contributed by atoms with Gasteiger partial charge < -0.3 is 5.73 Å². The van der Waals surface area contributed by atoms with Crippen molar-refractivity contribution in [1.82, 2.24) is 4.72 Å². The van der Waals surface area contributed by atoms with Gasteiger partial charge in [-0.3, -0.25) is 0 Å². The molecule has 18 heavy (non-hydrogen) atoms. The van der Waals surface area contributed by atoms with E-state index < -0.39 is 10.0 Å². The maximum Gasteiger partial charge on any atom is 0.240 e. The summed E-state index contributed by atoms with van der Waals surface area (Å²) in [5.41, 5.74) is 6.63. The van der Waals surface area contributed by atoms with Crippen molar-refractivity contribution in [2.75, 3.05) is 6.54 Å². The molecule has 1 saturated carbocycles. The highest BCUT2D eigenvalue weighted by Crippen LogP contribution is 2.31. The Kier molecular flexibility index (Phi) is 5.16. The van der Waals surface area contributed by atoms with Crippen molar-refractivity contribution in [2.45, 2.75) is 30.7 Å². The normalized spacial score (nSPS) is 17.0. The van der Waals surface area contributed by atoms with Crippen LogP contribution in [0.3, 0.4) is 0 Å². The van der Waals surface area contributed by atoms with Gasteiger partial charge in [0.1, 0.15) is 0 Å². The molecule has 0 aliphatic heterocycles. The minimum absolute atomic E-state index is 0. The Hall–Kier alpha value is -0.620. The lowest BCUT2D eigenvalue weighted by atomic mass is 10.2. The lowest BCUT2D eigenvalue weighted by Gasteiger charge is -2.13. The minimum Gasteiger partial charge on any atom is -0.326 e. The van der Waals surface area contributed by atoms with Gasteiger partial charge in [0.05, 0.1) is 4.90 Å². The smallest absolute Gasteiger partial charge is 0.240 e. The van der Waals surface area contributed by atoms with Crippen LogP contribution in [0.5, 0.6) is 0 Å². The lowest BCUT2D eigenvalue weighted by molar-refractivity contribution is 0.547. The van der Waals surface area contributed by atoms with Crippen molar-refractivity contribution in [3.05, 3.63) is 29.8 Å². The quantitative estimate of drug-likeness (QED) is 0.862.